The number of anilines is 1. The summed E-state index contributed by atoms with van der Waals surface area (Å²) in [7, 11) is 1.79. The maximum absolute atomic E-state index is 12.4. The summed E-state index contributed by atoms with van der Waals surface area (Å²) in [5.74, 6) is 0.565. The number of pyridine rings is 1. The Kier molecular flexibility index (Phi) is 5.56. The minimum Gasteiger partial charge on any atom is -0.391 e. The lowest BCUT2D eigenvalue weighted by molar-refractivity contribution is 0.0818. The van der Waals surface area contributed by atoms with Gasteiger partial charge in [-0.1, -0.05) is 26.2 Å². The van der Waals surface area contributed by atoms with Crippen molar-refractivity contribution in [3.05, 3.63) is 23.4 Å². The van der Waals surface area contributed by atoms with Crippen LogP contribution < -0.4 is 10.6 Å². The molecule has 1 aromatic rings. The van der Waals surface area contributed by atoms with E-state index in [1.54, 1.807) is 13.1 Å². The minimum absolute atomic E-state index is 0.130. The molecule has 1 aliphatic carbocycles. The van der Waals surface area contributed by atoms with Crippen molar-refractivity contribution in [3.8, 4) is 0 Å². The molecule has 1 heterocycles. The highest BCUT2D eigenvalue weighted by molar-refractivity contribution is 5.95. The number of rotatable bonds is 4. The lowest BCUT2D eigenvalue weighted by Gasteiger charge is -2.22. The summed E-state index contributed by atoms with van der Waals surface area (Å²) in [5, 5.41) is 16.1. The first kappa shape index (κ1) is 15.8. The van der Waals surface area contributed by atoms with Crippen LogP contribution in [0.4, 0.5) is 5.82 Å². The molecular weight excluding hydrogens is 266 g/mol. The molecule has 1 fully saturated rings. The number of carbonyl (C=O) groups excluding carboxylic acids is 1. The quantitative estimate of drug-likeness (QED) is 0.743. The Labute approximate surface area is 126 Å². The highest BCUT2D eigenvalue weighted by Crippen LogP contribution is 2.19. The zero-order valence-corrected chi connectivity index (χ0v) is 12.9. The van der Waals surface area contributed by atoms with E-state index in [-0.39, 0.29) is 11.9 Å². The molecule has 2 rings (SSSR count). The summed E-state index contributed by atoms with van der Waals surface area (Å²) in [4.78, 5) is 16.8. The topological polar surface area (TPSA) is 74.2 Å². The molecular formula is C16H25N3O2. The molecule has 0 aliphatic heterocycles. The van der Waals surface area contributed by atoms with Gasteiger partial charge in [0.05, 0.1) is 12.1 Å². The van der Waals surface area contributed by atoms with E-state index in [9.17, 15) is 9.90 Å². The molecule has 3 N–H and O–H groups in total. The lowest BCUT2D eigenvalue weighted by atomic mass is 10.1. The molecule has 1 amide bonds. The van der Waals surface area contributed by atoms with Gasteiger partial charge in [-0.15, -0.1) is 0 Å². The highest BCUT2D eigenvalue weighted by Gasteiger charge is 2.23. The summed E-state index contributed by atoms with van der Waals surface area (Å²) in [6.45, 7) is 2.01. The Bertz CT molecular complexity index is 468. The second kappa shape index (κ2) is 7.41. The predicted molar refractivity (Wildman–Crippen MR) is 83.5 cm³/mol. The third-order valence-electron chi connectivity index (χ3n) is 4.05. The van der Waals surface area contributed by atoms with E-state index in [0.29, 0.717) is 11.4 Å². The van der Waals surface area contributed by atoms with Crippen LogP contribution in [0.1, 0.15) is 55.1 Å². The van der Waals surface area contributed by atoms with Gasteiger partial charge in [0.2, 0.25) is 0 Å². The molecule has 1 aliphatic rings. The number of amides is 1. The van der Waals surface area contributed by atoms with Crippen molar-refractivity contribution in [2.75, 3.05) is 12.4 Å². The van der Waals surface area contributed by atoms with Crippen molar-refractivity contribution in [2.45, 2.75) is 57.6 Å². The van der Waals surface area contributed by atoms with Crippen LogP contribution in [-0.2, 0) is 6.42 Å². The Morgan fingerprint density at radius 1 is 1.33 bits per heavy atom. The van der Waals surface area contributed by atoms with Crippen molar-refractivity contribution in [3.63, 3.8) is 0 Å². The first-order valence-electron chi connectivity index (χ1n) is 7.81. The van der Waals surface area contributed by atoms with Crippen LogP contribution in [-0.4, -0.2) is 35.2 Å². The summed E-state index contributed by atoms with van der Waals surface area (Å²) >= 11 is 0. The Morgan fingerprint density at radius 3 is 2.81 bits per heavy atom. The minimum atomic E-state index is -0.437. The zero-order chi connectivity index (χ0) is 15.2. The number of aromatic nitrogens is 1. The fourth-order valence-electron chi connectivity index (χ4n) is 2.74. The van der Waals surface area contributed by atoms with E-state index < -0.39 is 6.10 Å². The van der Waals surface area contributed by atoms with Gasteiger partial charge in [-0.3, -0.25) is 4.79 Å². The first-order valence-corrected chi connectivity index (χ1v) is 7.81. The van der Waals surface area contributed by atoms with Crippen LogP contribution in [0.15, 0.2) is 12.1 Å². The van der Waals surface area contributed by atoms with Crippen molar-refractivity contribution in [1.82, 2.24) is 10.3 Å². The maximum atomic E-state index is 12.4. The van der Waals surface area contributed by atoms with Gasteiger partial charge in [0.1, 0.15) is 5.82 Å². The van der Waals surface area contributed by atoms with E-state index in [1.807, 2.05) is 13.0 Å². The first-order chi connectivity index (χ1) is 10.1. The molecule has 0 spiro atoms. The Balaban J connectivity index is 2.11. The number of hydrogen-bond acceptors (Lipinski definition) is 4. The standard InChI is InChI=1S/C16H25N3O2/c1-3-12-9-11(10-15(17-2)18-12)16(21)19-13-7-5-4-6-8-14(13)20/h9-10,13-14,20H,3-8H2,1-2H3,(H,17,18)(H,19,21). The number of nitrogens with one attached hydrogen (secondary N) is 2. The van der Waals surface area contributed by atoms with Crippen LogP contribution in [0.3, 0.4) is 0 Å². The Morgan fingerprint density at radius 2 is 2.10 bits per heavy atom. The summed E-state index contributed by atoms with van der Waals surface area (Å²) < 4.78 is 0. The zero-order valence-electron chi connectivity index (χ0n) is 12.9. The molecule has 5 nitrogen and oxygen atoms in total. The van der Waals surface area contributed by atoms with Crippen molar-refractivity contribution in [2.24, 2.45) is 0 Å². The van der Waals surface area contributed by atoms with Gasteiger partial charge in [-0.05, 0) is 31.4 Å². The van der Waals surface area contributed by atoms with Gasteiger partial charge >= 0.3 is 0 Å². The van der Waals surface area contributed by atoms with Gasteiger partial charge in [0.25, 0.3) is 5.91 Å². The smallest absolute Gasteiger partial charge is 0.251 e. The molecule has 5 heteroatoms. The van der Waals surface area contributed by atoms with Gasteiger partial charge in [-0.2, -0.15) is 0 Å². The second-order valence-electron chi connectivity index (χ2n) is 5.62. The van der Waals surface area contributed by atoms with Gasteiger partial charge in [-0.25, -0.2) is 4.98 Å². The molecule has 2 atom stereocenters. The fraction of sp³-hybridized carbons (Fsp3) is 0.625. The van der Waals surface area contributed by atoms with Crippen molar-refractivity contribution < 1.29 is 9.90 Å². The van der Waals surface area contributed by atoms with Crippen LogP contribution >= 0.6 is 0 Å². The van der Waals surface area contributed by atoms with Crippen LogP contribution in [0.2, 0.25) is 0 Å². The van der Waals surface area contributed by atoms with Crippen LogP contribution in [0.5, 0.6) is 0 Å². The second-order valence-corrected chi connectivity index (χ2v) is 5.62. The molecule has 0 aromatic carbocycles. The van der Waals surface area contributed by atoms with Gasteiger partial charge < -0.3 is 15.7 Å². The van der Waals surface area contributed by atoms with E-state index in [1.165, 1.54) is 0 Å². The normalized spacial score (nSPS) is 22.4. The average Bonchev–Trinajstić information content (AvgIpc) is 2.71. The third kappa shape index (κ3) is 4.17. The summed E-state index contributed by atoms with van der Waals surface area (Å²) in [6, 6.07) is 3.42. The van der Waals surface area contributed by atoms with E-state index in [4.69, 9.17) is 0 Å². The van der Waals surface area contributed by atoms with E-state index >= 15 is 0 Å². The van der Waals surface area contributed by atoms with E-state index in [0.717, 1.165) is 44.2 Å². The van der Waals surface area contributed by atoms with Crippen LogP contribution in [0, 0.1) is 0 Å². The summed E-state index contributed by atoms with van der Waals surface area (Å²) in [6.07, 6.45) is 5.17. The molecule has 2 unspecified atom stereocenters. The van der Waals surface area contributed by atoms with Crippen molar-refractivity contribution >= 4 is 11.7 Å². The molecule has 0 saturated heterocycles. The van der Waals surface area contributed by atoms with Gasteiger partial charge in [0, 0.05) is 18.3 Å². The summed E-state index contributed by atoms with van der Waals surface area (Å²) in [5.41, 5.74) is 1.48. The van der Waals surface area contributed by atoms with Crippen LogP contribution in [0.25, 0.3) is 0 Å². The molecule has 21 heavy (non-hydrogen) atoms. The van der Waals surface area contributed by atoms with Gasteiger partial charge in [0.15, 0.2) is 0 Å². The predicted octanol–water partition coefficient (Wildman–Crippen LogP) is 2.11. The highest BCUT2D eigenvalue weighted by atomic mass is 16.3. The molecule has 1 aromatic heterocycles. The SMILES string of the molecule is CCc1cc(C(=O)NC2CCCCCC2O)cc(NC)n1. The number of hydrogen-bond donors (Lipinski definition) is 3. The largest absolute Gasteiger partial charge is 0.391 e. The van der Waals surface area contributed by atoms with Crippen molar-refractivity contribution in [1.29, 1.82) is 0 Å². The molecule has 0 radical (unpaired) electrons. The number of aliphatic hydroxyl groups excluding tert-OH is 1. The average molecular weight is 291 g/mol. The number of aliphatic hydroxyl groups is 1. The molecule has 1 saturated carbocycles. The van der Waals surface area contributed by atoms with E-state index in [2.05, 4.69) is 15.6 Å². The maximum Gasteiger partial charge on any atom is 0.251 e. The lowest BCUT2D eigenvalue weighted by Crippen LogP contribution is -2.42. The number of nitrogens with zero attached hydrogens (tertiary/aromatic N) is 1. The molecule has 116 valence electrons. The number of aryl methyl sites for hydroxylation is 1. The third-order valence-corrected chi connectivity index (χ3v) is 4.05. The fourth-order valence-corrected chi connectivity index (χ4v) is 2.74. The number of carbonyl (C=O) groups is 1. The monoisotopic (exact) mass is 291 g/mol. The Hall–Kier alpha value is -1.62. The molecule has 0 bridgehead atoms.